The van der Waals surface area contributed by atoms with Gasteiger partial charge in [-0.1, -0.05) is 28.1 Å². The lowest BCUT2D eigenvalue weighted by Gasteiger charge is -2.24. The topological polar surface area (TPSA) is 74.7 Å². The quantitative estimate of drug-likeness (QED) is 0.751. The molecule has 0 unspecified atom stereocenters. The van der Waals surface area contributed by atoms with Crippen molar-refractivity contribution in [2.24, 2.45) is 0 Å². The standard InChI is InChI=1S/C17H18BrNO4S/c1-13-4-2-5-15(12-13)19(11-3-6-17(20)21)24(22,23)16-9-7-14(18)8-10-16/h2,4-5,7-10,12H,3,6,11H2,1H3,(H,20,21). The second-order valence-corrected chi connectivity index (χ2v) is 8.15. The zero-order chi connectivity index (χ0) is 17.7. The highest BCUT2D eigenvalue weighted by Gasteiger charge is 2.25. The number of halogens is 1. The van der Waals surface area contributed by atoms with Crippen LogP contribution in [0.3, 0.4) is 0 Å². The summed E-state index contributed by atoms with van der Waals surface area (Å²) in [5, 5.41) is 8.82. The summed E-state index contributed by atoms with van der Waals surface area (Å²) in [6.07, 6.45) is 0.150. The Hall–Kier alpha value is -1.86. The van der Waals surface area contributed by atoms with Crippen LogP contribution in [0.1, 0.15) is 18.4 Å². The van der Waals surface area contributed by atoms with Crippen molar-refractivity contribution in [3.05, 3.63) is 58.6 Å². The number of benzene rings is 2. The molecule has 0 amide bonds. The van der Waals surface area contributed by atoms with Gasteiger partial charge in [-0.15, -0.1) is 0 Å². The molecular formula is C17H18BrNO4S. The highest BCUT2D eigenvalue weighted by atomic mass is 79.9. The van der Waals surface area contributed by atoms with Crippen LogP contribution in [0.4, 0.5) is 5.69 Å². The van der Waals surface area contributed by atoms with Crippen LogP contribution >= 0.6 is 15.9 Å². The number of nitrogens with zero attached hydrogens (tertiary/aromatic N) is 1. The Bertz CT molecular complexity index is 819. The summed E-state index contributed by atoms with van der Waals surface area (Å²) in [5.74, 6) is -0.944. The van der Waals surface area contributed by atoms with E-state index in [0.29, 0.717) is 5.69 Å². The molecule has 0 saturated carbocycles. The van der Waals surface area contributed by atoms with Gasteiger partial charge in [0.05, 0.1) is 10.6 Å². The molecule has 7 heteroatoms. The normalized spacial score (nSPS) is 11.2. The van der Waals surface area contributed by atoms with Gasteiger partial charge in [-0.25, -0.2) is 8.42 Å². The Kier molecular flexibility index (Phi) is 6.01. The van der Waals surface area contributed by atoms with E-state index < -0.39 is 16.0 Å². The van der Waals surface area contributed by atoms with Gasteiger partial charge in [0, 0.05) is 17.4 Å². The van der Waals surface area contributed by atoms with Crippen LogP contribution in [0, 0.1) is 6.92 Å². The molecule has 1 N–H and O–H groups in total. The molecule has 5 nitrogen and oxygen atoms in total. The number of hydrogen-bond acceptors (Lipinski definition) is 3. The number of anilines is 1. The van der Waals surface area contributed by atoms with E-state index in [-0.39, 0.29) is 24.3 Å². The lowest BCUT2D eigenvalue weighted by Crippen LogP contribution is -2.32. The number of carboxylic acids is 1. The second kappa shape index (κ2) is 7.81. The van der Waals surface area contributed by atoms with E-state index in [2.05, 4.69) is 15.9 Å². The van der Waals surface area contributed by atoms with E-state index in [1.165, 1.54) is 16.4 Å². The summed E-state index contributed by atoms with van der Waals surface area (Å²) < 4.78 is 28.0. The molecule has 0 aliphatic rings. The first kappa shape index (κ1) is 18.5. The average Bonchev–Trinajstić information content (AvgIpc) is 2.51. The number of aliphatic carboxylic acids is 1. The Balaban J connectivity index is 2.40. The highest BCUT2D eigenvalue weighted by molar-refractivity contribution is 9.10. The first-order chi connectivity index (χ1) is 11.3. The van der Waals surface area contributed by atoms with Crippen molar-refractivity contribution in [3.63, 3.8) is 0 Å². The number of carbonyl (C=O) groups is 1. The summed E-state index contributed by atoms with van der Waals surface area (Å²) in [4.78, 5) is 10.9. The van der Waals surface area contributed by atoms with E-state index in [1.807, 2.05) is 13.0 Å². The molecule has 0 aliphatic carbocycles. The largest absolute Gasteiger partial charge is 0.481 e. The number of hydrogen-bond donors (Lipinski definition) is 1. The van der Waals surface area contributed by atoms with Gasteiger partial charge >= 0.3 is 5.97 Å². The fraction of sp³-hybridized carbons (Fsp3) is 0.235. The molecule has 0 fully saturated rings. The Morgan fingerprint density at radius 2 is 1.83 bits per heavy atom. The van der Waals surface area contributed by atoms with Crippen LogP contribution in [0.2, 0.25) is 0 Å². The molecular weight excluding hydrogens is 394 g/mol. The van der Waals surface area contributed by atoms with E-state index in [0.717, 1.165) is 10.0 Å². The van der Waals surface area contributed by atoms with Crippen LogP contribution in [-0.4, -0.2) is 26.0 Å². The van der Waals surface area contributed by atoms with Crippen molar-refractivity contribution in [1.82, 2.24) is 0 Å². The molecule has 0 bridgehead atoms. The van der Waals surface area contributed by atoms with Crippen LogP contribution in [0.5, 0.6) is 0 Å². The monoisotopic (exact) mass is 411 g/mol. The molecule has 0 aromatic heterocycles. The van der Waals surface area contributed by atoms with Crippen molar-refractivity contribution in [3.8, 4) is 0 Å². The average molecular weight is 412 g/mol. The third-order valence-electron chi connectivity index (χ3n) is 3.44. The number of rotatable bonds is 7. The Morgan fingerprint density at radius 1 is 1.17 bits per heavy atom. The van der Waals surface area contributed by atoms with Crippen molar-refractivity contribution < 1.29 is 18.3 Å². The number of carboxylic acid groups (broad SMARTS) is 1. The third-order valence-corrected chi connectivity index (χ3v) is 5.81. The van der Waals surface area contributed by atoms with Gasteiger partial charge in [0.15, 0.2) is 0 Å². The van der Waals surface area contributed by atoms with Crippen LogP contribution in [-0.2, 0) is 14.8 Å². The summed E-state index contributed by atoms with van der Waals surface area (Å²) in [5.41, 5.74) is 1.46. The van der Waals surface area contributed by atoms with Crippen LogP contribution < -0.4 is 4.31 Å². The van der Waals surface area contributed by atoms with E-state index in [1.54, 1.807) is 30.3 Å². The fourth-order valence-electron chi connectivity index (χ4n) is 2.28. The predicted molar refractivity (Wildman–Crippen MR) is 96.7 cm³/mol. The maximum atomic E-state index is 13.0. The molecule has 0 radical (unpaired) electrons. The maximum Gasteiger partial charge on any atom is 0.303 e. The number of aryl methyl sites for hydroxylation is 1. The predicted octanol–water partition coefficient (Wildman–Crippen LogP) is 3.82. The molecule has 2 aromatic rings. The minimum atomic E-state index is -3.77. The van der Waals surface area contributed by atoms with Gasteiger partial charge < -0.3 is 5.11 Å². The maximum absolute atomic E-state index is 13.0. The molecule has 2 rings (SSSR count). The highest BCUT2D eigenvalue weighted by Crippen LogP contribution is 2.26. The zero-order valence-corrected chi connectivity index (χ0v) is 15.5. The molecule has 0 atom stereocenters. The van der Waals surface area contributed by atoms with Gasteiger partial charge in [-0.3, -0.25) is 9.10 Å². The van der Waals surface area contributed by atoms with Gasteiger partial charge in [0.2, 0.25) is 0 Å². The van der Waals surface area contributed by atoms with Gasteiger partial charge in [-0.2, -0.15) is 0 Å². The van der Waals surface area contributed by atoms with Crippen LogP contribution in [0.15, 0.2) is 57.9 Å². The zero-order valence-electron chi connectivity index (χ0n) is 13.1. The lowest BCUT2D eigenvalue weighted by molar-refractivity contribution is -0.137. The molecule has 0 aliphatic heterocycles. The fourth-order valence-corrected chi connectivity index (χ4v) is 4.04. The van der Waals surface area contributed by atoms with Crippen molar-refractivity contribution in [1.29, 1.82) is 0 Å². The van der Waals surface area contributed by atoms with Crippen molar-refractivity contribution >= 4 is 37.6 Å². The first-order valence-electron chi connectivity index (χ1n) is 7.37. The Labute approximate surface area is 150 Å². The smallest absolute Gasteiger partial charge is 0.303 e. The van der Waals surface area contributed by atoms with Crippen molar-refractivity contribution in [2.45, 2.75) is 24.7 Å². The molecule has 2 aromatic carbocycles. The van der Waals surface area contributed by atoms with Crippen molar-refractivity contribution in [2.75, 3.05) is 10.8 Å². The van der Waals surface area contributed by atoms with E-state index in [4.69, 9.17) is 5.11 Å². The van der Waals surface area contributed by atoms with Crippen LogP contribution in [0.25, 0.3) is 0 Å². The van der Waals surface area contributed by atoms with Gasteiger partial charge in [-0.05, 0) is 55.3 Å². The third kappa shape index (κ3) is 4.58. The molecule has 0 heterocycles. The SMILES string of the molecule is Cc1cccc(N(CCCC(=O)O)S(=O)(=O)c2ccc(Br)cc2)c1. The van der Waals surface area contributed by atoms with Gasteiger partial charge in [0.25, 0.3) is 10.0 Å². The summed E-state index contributed by atoms with van der Waals surface area (Å²) in [6.45, 7) is 1.99. The molecule has 24 heavy (non-hydrogen) atoms. The second-order valence-electron chi connectivity index (χ2n) is 5.37. The van der Waals surface area contributed by atoms with Gasteiger partial charge in [0.1, 0.15) is 0 Å². The molecule has 0 saturated heterocycles. The van der Waals surface area contributed by atoms with E-state index in [9.17, 15) is 13.2 Å². The summed E-state index contributed by atoms with van der Waals surface area (Å²) in [7, 11) is -3.77. The minimum Gasteiger partial charge on any atom is -0.481 e. The minimum absolute atomic E-state index is 0.0851. The first-order valence-corrected chi connectivity index (χ1v) is 9.61. The lowest BCUT2D eigenvalue weighted by atomic mass is 10.2. The molecule has 0 spiro atoms. The summed E-state index contributed by atoms with van der Waals surface area (Å²) >= 11 is 3.29. The van der Waals surface area contributed by atoms with E-state index >= 15 is 0 Å². The Morgan fingerprint density at radius 3 is 2.42 bits per heavy atom. The molecule has 128 valence electrons. The summed E-state index contributed by atoms with van der Waals surface area (Å²) in [6, 6.07) is 13.5. The number of sulfonamides is 1.